The molecule has 2 atom stereocenters. The molecule has 0 radical (unpaired) electrons. The molecule has 1 saturated heterocycles. The number of nitrogens with two attached hydrogens (primary N) is 1. The third-order valence-electron chi connectivity index (χ3n) is 6.80. The van der Waals surface area contributed by atoms with E-state index in [1.807, 2.05) is 12.1 Å². The SMILES string of the molecule is COc1ccc(-c2cnc(SC(CC3CCCN(Cc4ccc(Cl)c(C(F)(F)F)c4)C3)C(N)=O)nc2)cc1OC. The number of ether oxygens (including phenoxy) is 2. The molecule has 3 aromatic rings. The highest BCUT2D eigenvalue weighted by atomic mass is 35.5. The number of carbonyl (C=O) groups is 1. The molecule has 0 bridgehead atoms. The quantitative estimate of drug-likeness (QED) is 0.225. The van der Waals surface area contributed by atoms with Gasteiger partial charge >= 0.3 is 6.18 Å². The van der Waals surface area contributed by atoms with Crippen LogP contribution < -0.4 is 15.2 Å². The zero-order chi connectivity index (χ0) is 28.9. The Bertz CT molecular complexity index is 1330. The minimum atomic E-state index is -4.51. The number of primary amides is 1. The number of carbonyl (C=O) groups excluding carboxylic acids is 1. The summed E-state index contributed by atoms with van der Waals surface area (Å²) < 4.78 is 50.5. The minimum absolute atomic E-state index is 0.152. The molecule has 2 N–H and O–H groups in total. The second-order valence-corrected chi connectivity index (χ2v) is 11.2. The van der Waals surface area contributed by atoms with Gasteiger partial charge in [-0.05, 0) is 67.1 Å². The van der Waals surface area contributed by atoms with Gasteiger partial charge in [0, 0.05) is 31.0 Å². The van der Waals surface area contributed by atoms with E-state index in [4.69, 9.17) is 26.8 Å². The molecule has 1 aliphatic rings. The molecule has 2 unspecified atom stereocenters. The fourth-order valence-electron chi connectivity index (χ4n) is 4.83. The first-order valence-corrected chi connectivity index (χ1v) is 13.9. The van der Waals surface area contributed by atoms with Crippen LogP contribution >= 0.6 is 23.4 Å². The molecular weight excluding hydrogens is 565 g/mol. The average molecular weight is 595 g/mol. The summed E-state index contributed by atoms with van der Waals surface area (Å²) in [7, 11) is 3.13. The molecular formula is C28H30ClF3N4O3S. The number of likely N-dealkylation sites (tertiary alicyclic amines) is 1. The summed E-state index contributed by atoms with van der Waals surface area (Å²) in [4.78, 5) is 23.3. The van der Waals surface area contributed by atoms with E-state index in [2.05, 4.69) is 14.9 Å². The average Bonchev–Trinajstić information content (AvgIpc) is 2.93. The number of amides is 1. The van der Waals surface area contributed by atoms with Crippen LogP contribution in [0.5, 0.6) is 11.5 Å². The molecule has 1 fully saturated rings. The van der Waals surface area contributed by atoms with E-state index >= 15 is 0 Å². The summed E-state index contributed by atoms with van der Waals surface area (Å²) in [5.74, 6) is 0.899. The van der Waals surface area contributed by atoms with Gasteiger partial charge < -0.3 is 15.2 Å². The maximum absolute atomic E-state index is 13.3. The lowest BCUT2D eigenvalue weighted by Gasteiger charge is -2.34. The molecule has 0 spiro atoms. The van der Waals surface area contributed by atoms with Crippen molar-refractivity contribution in [3.05, 3.63) is 64.9 Å². The van der Waals surface area contributed by atoms with Crippen molar-refractivity contribution in [3.8, 4) is 22.6 Å². The number of halogens is 4. The maximum Gasteiger partial charge on any atom is 0.417 e. The Morgan fingerprint density at radius 1 is 1.12 bits per heavy atom. The van der Waals surface area contributed by atoms with Crippen molar-refractivity contribution in [2.24, 2.45) is 11.7 Å². The van der Waals surface area contributed by atoms with Gasteiger partial charge in [-0.15, -0.1) is 0 Å². The van der Waals surface area contributed by atoms with Crippen molar-refractivity contribution in [2.75, 3.05) is 27.3 Å². The van der Waals surface area contributed by atoms with E-state index < -0.39 is 22.9 Å². The Morgan fingerprint density at radius 2 is 1.85 bits per heavy atom. The summed E-state index contributed by atoms with van der Waals surface area (Å²) in [5.41, 5.74) is 7.08. The number of piperidine rings is 1. The highest BCUT2D eigenvalue weighted by Gasteiger charge is 2.34. The van der Waals surface area contributed by atoms with Crippen LogP contribution in [0, 0.1) is 5.92 Å². The number of methoxy groups -OCH3 is 2. The maximum atomic E-state index is 13.3. The molecule has 0 aliphatic carbocycles. The number of aromatic nitrogens is 2. The van der Waals surface area contributed by atoms with Crippen LogP contribution in [0.15, 0.2) is 53.9 Å². The van der Waals surface area contributed by atoms with Crippen LogP contribution in [-0.2, 0) is 17.5 Å². The first-order chi connectivity index (χ1) is 19.1. The third kappa shape index (κ3) is 7.58. The zero-order valence-electron chi connectivity index (χ0n) is 22.1. The lowest BCUT2D eigenvalue weighted by Crippen LogP contribution is -2.38. The molecule has 2 aromatic carbocycles. The standard InChI is InChI=1S/C28H30ClF3N4O3S/c1-38-23-8-6-19(12-24(23)39-2)20-13-34-27(35-14-20)40-25(26(33)37)11-17-4-3-9-36(15-17)16-18-5-7-22(29)21(10-18)28(30,31)32/h5-8,10,12-14,17,25H,3-4,9,11,15-16H2,1-2H3,(H2,33,37). The van der Waals surface area contributed by atoms with Crippen LogP contribution in [0.2, 0.25) is 5.02 Å². The predicted molar refractivity (Wildman–Crippen MR) is 148 cm³/mol. The normalized spacial score (nSPS) is 16.9. The molecule has 1 aliphatic heterocycles. The van der Waals surface area contributed by atoms with Gasteiger partial charge in [-0.1, -0.05) is 35.5 Å². The molecule has 4 rings (SSSR count). The monoisotopic (exact) mass is 594 g/mol. The van der Waals surface area contributed by atoms with Crippen molar-refractivity contribution >= 4 is 29.3 Å². The Kier molecular flexibility index (Phi) is 9.81. The smallest absolute Gasteiger partial charge is 0.417 e. The molecule has 1 amide bonds. The van der Waals surface area contributed by atoms with Crippen molar-refractivity contribution in [2.45, 2.75) is 42.4 Å². The number of nitrogens with zero attached hydrogens (tertiary/aromatic N) is 3. The zero-order valence-corrected chi connectivity index (χ0v) is 23.7. The molecule has 12 heteroatoms. The van der Waals surface area contributed by atoms with E-state index in [1.54, 1.807) is 38.7 Å². The van der Waals surface area contributed by atoms with Crippen LogP contribution in [-0.4, -0.2) is 53.3 Å². The lowest BCUT2D eigenvalue weighted by atomic mass is 9.92. The molecule has 0 saturated carbocycles. The van der Waals surface area contributed by atoms with Crippen LogP contribution in [0.4, 0.5) is 13.2 Å². The fourth-order valence-corrected chi connectivity index (χ4v) is 6.02. The third-order valence-corrected chi connectivity index (χ3v) is 8.26. The van der Waals surface area contributed by atoms with Crippen molar-refractivity contribution in [3.63, 3.8) is 0 Å². The largest absolute Gasteiger partial charge is 0.493 e. The van der Waals surface area contributed by atoms with E-state index in [-0.39, 0.29) is 10.9 Å². The first-order valence-electron chi connectivity index (χ1n) is 12.7. The summed E-state index contributed by atoms with van der Waals surface area (Å²) in [6.45, 7) is 1.77. The van der Waals surface area contributed by atoms with Gasteiger partial charge in [0.1, 0.15) is 0 Å². The van der Waals surface area contributed by atoms with Gasteiger partial charge in [0.25, 0.3) is 0 Å². The Labute approximate surface area is 240 Å². The molecule has 1 aromatic heterocycles. The number of rotatable bonds is 10. The molecule has 214 valence electrons. The second kappa shape index (κ2) is 13.1. The van der Waals surface area contributed by atoms with Crippen molar-refractivity contribution < 1.29 is 27.4 Å². The minimum Gasteiger partial charge on any atom is -0.493 e. The summed E-state index contributed by atoms with van der Waals surface area (Å²) in [6, 6.07) is 9.53. The Balaban J connectivity index is 1.39. The fraction of sp³-hybridized carbons (Fsp3) is 0.393. The van der Waals surface area contributed by atoms with Crippen LogP contribution in [0.1, 0.15) is 30.4 Å². The number of alkyl halides is 3. The van der Waals surface area contributed by atoms with Crippen LogP contribution in [0.25, 0.3) is 11.1 Å². The number of benzene rings is 2. The summed E-state index contributed by atoms with van der Waals surface area (Å²) in [5, 5.41) is -0.418. The summed E-state index contributed by atoms with van der Waals surface area (Å²) in [6.07, 6.45) is 1.14. The van der Waals surface area contributed by atoms with Gasteiger partial charge in [-0.25, -0.2) is 9.97 Å². The van der Waals surface area contributed by atoms with E-state index in [1.165, 1.54) is 17.8 Å². The van der Waals surface area contributed by atoms with Crippen molar-refractivity contribution in [1.82, 2.24) is 14.9 Å². The number of thioether (sulfide) groups is 1. The highest BCUT2D eigenvalue weighted by Crippen LogP contribution is 2.36. The van der Waals surface area contributed by atoms with Gasteiger partial charge in [0.2, 0.25) is 5.91 Å². The number of hydrogen-bond acceptors (Lipinski definition) is 7. The van der Waals surface area contributed by atoms with E-state index in [9.17, 15) is 18.0 Å². The molecule has 40 heavy (non-hydrogen) atoms. The van der Waals surface area contributed by atoms with Gasteiger partial charge in [-0.3, -0.25) is 9.69 Å². The Hall–Kier alpha value is -3.02. The topological polar surface area (TPSA) is 90.6 Å². The number of hydrogen-bond donors (Lipinski definition) is 1. The van der Waals surface area contributed by atoms with E-state index in [0.717, 1.165) is 36.6 Å². The van der Waals surface area contributed by atoms with Gasteiger partial charge in [0.05, 0.1) is 30.1 Å². The molecule has 7 nitrogen and oxygen atoms in total. The van der Waals surface area contributed by atoms with Crippen LogP contribution in [0.3, 0.4) is 0 Å². The van der Waals surface area contributed by atoms with E-state index in [0.29, 0.717) is 41.7 Å². The predicted octanol–water partition coefficient (Wildman–Crippen LogP) is 6.08. The summed E-state index contributed by atoms with van der Waals surface area (Å²) >= 11 is 6.98. The second-order valence-electron chi connectivity index (χ2n) is 9.62. The highest BCUT2D eigenvalue weighted by molar-refractivity contribution is 8.00. The van der Waals surface area contributed by atoms with Gasteiger partial charge in [-0.2, -0.15) is 13.2 Å². The van der Waals surface area contributed by atoms with Crippen molar-refractivity contribution in [1.29, 1.82) is 0 Å². The van der Waals surface area contributed by atoms with Gasteiger partial charge in [0.15, 0.2) is 16.7 Å². The lowest BCUT2D eigenvalue weighted by molar-refractivity contribution is -0.137. The Morgan fingerprint density at radius 3 is 2.50 bits per heavy atom. The first kappa shape index (κ1) is 30.0. The molecule has 2 heterocycles.